The van der Waals surface area contributed by atoms with E-state index in [2.05, 4.69) is 16.4 Å². The van der Waals surface area contributed by atoms with Crippen molar-refractivity contribution in [3.05, 3.63) is 35.5 Å². The second kappa shape index (κ2) is 4.91. The third-order valence-electron chi connectivity index (χ3n) is 4.08. The van der Waals surface area contributed by atoms with Crippen LogP contribution < -0.4 is 5.32 Å². The van der Waals surface area contributed by atoms with Crippen molar-refractivity contribution in [2.45, 2.75) is 38.1 Å². The summed E-state index contributed by atoms with van der Waals surface area (Å²) in [5, 5.41) is 12.8. The van der Waals surface area contributed by atoms with Gasteiger partial charge in [-0.2, -0.15) is 0 Å². The Balaban J connectivity index is 1.65. The third-order valence-corrected chi connectivity index (χ3v) is 4.08. The summed E-state index contributed by atoms with van der Waals surface area (Å²) in [6.07, 6.45) is 3.88. The van der Waals surface area contributed by atoms with E-state index in [9.17, 15) is 9.59 Å². The lowest BCUT2D eigenvalue weighted by Gasteiger charge is -2.12. The highest BCUT2D eigenvalue weighted by molar-refractivity contribution is 5.90. The molecule has 21 heavy (non-hydrogen) atoms. The van der Waals surface area contributed by atoms with Crippen LogP contribution in [0.3, 0.4) is 0 Å². The number of carboxylic acid groups (broad SMARTS) is 1. The fourth-order valence-electron chi connectivity index (χ4n) is 2.59. The predicted octanol–water partition coefficient (Wildman–Crippen LogP) is 2.14. The lowest BCUT2D eigenvalue weighted by atomic mass is 10.1. The van der Waals surface area contributed by atoms with Crippen molar-refractivity contribution in [3.8, 4) is 0 Å². The molecule has 1 aliphatic rings. The number of carbonyl (C=O) groups is 2. The van der Waals surface area contributed by atoms with Crippen molar-refractivity contribution in [1.82, 2.24) is 10.3 Å². The second-order valence-corrected chi connectivity index (χ2v) is 5.80. The van der Waals surface area contributed by atoms with Gasteiger partial charge in [0.15, 0.2) is 0 Å². The highest BCUT2D eigenvalue weighted by Gasteiger charge is 2.51. The molecule has 1 heterocycles. The molecule has 0 spiro atoms. The number of aliphatic carboxylic acids is 1. The van der Waals surface area contributed by atoms with Gasteiger partial charge in [0.05, 0.1) is 0 Å². The number of carboxylic acids is 1. The SMILES string of the molecule is Cc1ccc2[nH]cc(CCC(=O)NC3(C(=O)O)CC3)c2c1. The molecule has 1 aromatic heterocycles. The van der Waals surface area contributed by atoms with E-state index >= 15 is 0 Å². The molecule has 0 radical (unpaired) electrons. The first kappa shape index (κ1) is 13.7. The lowest BCUT2D eigenvalue weighted by molar-refractivity contribution is -0.143. The maximum absolute atomic E-state index is 11.9. The van der Waals surface area contributed by atoms with Gasteiger partial charge in [-0.1, -0.05) is 11.6 Å². The molecule has 110 valence electrons. The van der Waals surface area contributed by atoms with Gasteiger partial charge in [-0.3, -0.25) is 4.79 Å². The van der Waals surface area contributed by atoms with Crippen LogP contribution in [0.2, 0.25) is 0 Å². The average Bonchev–Trinajstić information content (AvgIpc) is 3.11. The predicted molar refractivity (Wildman–Crippen MR) is 79.1 cm³/mol. The summed E-state index contributed by atoms with van der Waals surface area (Å²) in [6.45, 7) is 2.03. The van der Waals surface area contributed by atoms with Crippen molar-refractivity contribution >= 4 is 22.8 Å². The zero-order chi connectivity index (χ0) is 15.0. The Hall–Kier alpha value is -2.30. The number of nitrogens with one attached hydrogen (secondary N) is 2. The van der Waals surface area contributed by atoms with Crippen LogP contribution >= 0.6 is 0 Å². The average molecular weight is 286 g/mol. The van der Waals surface area contributed by atoms with Gasteiger partial charge in [-0.25, -0.2) is 4.79 Å². The minimum atomic E-state index is -0.992. The van der Waals surface area contributed by atoms with E-state index in [-0.39, 0.29) is 5.91 Å². The zero-order valence-electron chi connectivity index (χ0n) is 11.9. The van der Waals surface area contributed by atoms with E-state index in [1.807, 2.05) is 25.3 Å². The van der Waals surface area contributed by atoms with Crippen molar-refractivity contribution in [2.75, 3.05) is 0 Å². The van der Waals surface area contributed by atoms with Crippen molar-refractivity contribution in [1.29, 1.82) is 0 Å². The fourth-order valence-corrected chi connectivity index (χ4v) is 2.59. The van der Waals surface area contributed by atoms with Crippen LogP contribution in [-0.2, 0) is 16.0 Å². The Morgan fingerprint density at radius 2 is 2.14 bits per heavy atom. The van der Waals surface area contributed by atoms with E-state index in [4.69, 9.17) is 5.11 Å². The van der Waals surface area contributed by atoms with E-state index < -0.39 is 11.5 Å². The molecule has 1 saturated carbocycles. The number of hydrogen-bond donors (Lipinski definition) is 3. The first-order valence-electron chi connectivity index (χ1n) is 7.11. The number of aromatic nitrogens is 1. The van der Waals surface area contributed by atoms with Gasteiger partial charge in [-0.05, 0) is 43.9 Å². The van der Waals surface area contributed by atoms with Gasteiger partial charge >= 0.3 is 5.97 Å². The van der Waals surface area contributed by atoms with Crippen molar-refractivity contribution in [2.24, 2.45) is 0 Å². The molecule has 5 heteroatoms. The minimum Gasteiger partial charge on any atom is -0.480 e. The van der Waals surface area contributed by atoms with E-state index in [0.29, 0.717) is 25.7 Å². The van der Waals surface area contributed by atoms with Crippen LogP contribution in [0.15, 0.2) is 24.4 Å². The monoisotopic (exact) mass is 286 g/mol. The van der Waals surface area contributed by atoms with Crippen LogP contribution in [-0.4, -0.2) is 27.5 Å². The highest BCUT2D eigenvalue weighted by Crippen LogP contribution is 2.35. The number of hydrogen-bond acceptors (Lipinski definition) is 2. The molecule has 3 rings (SSSR count). The van der Waals surface area contributed by atoms with Crippen LogP contribution in [0, 0.1) is 6.92 Å². The summed E-state index contributed by atoms with van der Waals surface area (Å²) in [4.78, 5) is 26.2. The fraction of sp³-hybridized carbons (Fsp3) is 0.375. The highest BCUT2D eigenvalue weighted by atomic mass is 16.4. The first-order chi connectivity index (χ1) is 10.00. The summed E-state index contributed by atoms with van der Waals surface area (Å²) in [6, 6.07) is 6.16. The summed E-state index contributed by atoms with van der Waals surface area (Å²) in [5.41, 5.74) is 2.33. The topological polar surface area (TPSA) is 82.2 Å². The van der Waals surface area contributed by atoms with Gasteiger partial charge in [0, 0.05) is 23.5 Å². The number of H-pyrrole nitrogens is 1. The maximum Gasteiger partial charge on any atom is 0.329 e. The normalized spacial score (nSPS) is 15.9. The number of aryl methyl sites for hydroxylation is 2. The molecule has 1 aromatic carbocycles. The molecule has 5 nitrogen and oxygen atoms in total. The third kappa shape index (κ3) is 2.63. The van der Waals surface area contributed by atoms with E-state index in [1.165, 1.54) is 5.56 Å². The summed E-state index contributed by atoms with van der Waals surface area (Å²) in [7, 11) is 0. The number of rotatable bonds is 5. The molecule has 0 bridgehead atoms. The molecule has 2 aromatic rings. The van der Waals surface area contributed by atoms with Gasteiger partial charge < -0.3 is 15.4 Å². The molecule has 1 fully saturated rings. The Labute approximate surface area is 122 Å². The van der Waals surface area contributed by atoms with Crippen LogP contribution in [0.5, 0.6) is 0 Å². The summed E-state index contributed by atoms with van der Waals surface area (Å²) in [5.74, 6) is -1.13. The second-order valence-electron chi connectivity index (χ2n) is 5.80. The number of fused-ring (bicyclic) bond motifs is 1. The summed E-state index contributed by atoms with van der Waals surface area (Å²) < 4.78 is 0. The van der Waals surface area contributed by atoms with Crippen LogP contribution in [0.1, 0.15) is 30.4 Å². The molecule has 3 N–H and O–H groups in total. The molecule has 0 atom stereocenters. The van der Waals surface area contributed by atoms with Gasteiger partial charge in [0.2, 0.25) is 5.91 Å². The standard InChI is InChI=1S/C16H18N2O3/c1-10-2-4-13-12(8-10)11(9-17-13)3-5-14(19)18-16(6-7-16)15(20)21/h2,4,8-9,17H,3,5-7H2,1H3,(H,18,19)(H,20,21). The number of benzene rings is 1. The Morgan fingerprint density at radius 1 is 1.38 bits per heavy atom. The Bertz CT molecular complexity index is 713. The van der Waals surface area contributed by atoms with Crippen molar-refractivity contribution < 1.29 is 14.7 Å². The molecular formula is C16H18N2O3. The minimum absolute atomic E-state index is 0.197. The zero-order valence-corrected chi connectivity index (χ0v) is 11.9. The van der Waals surface area contributed by atoms with Gasteiger partial charge in [-0.15, -0.1) is 0 Å². The van der Waals surface area contributed by atoms with Crippen molar-refractivity contribution in [3.63, 3.8) is 0 Å². The number of aromatic amines is 1. The smallest absolute Gasteiger partial charge is 0.329 e. The lowest BCUT2D eigenvalue weighted by Crippen LogP contribution is -2.43. The number of amides is 1. The van der Waals surface area contributed by atoms with E-state index in [0.717, 1.165) is 16.5 Å². The van der Waals surface area contributed by atoms with Gasteiger partial charge in [0.25, 0.3) is 0 Å². The maximum atomic E-state index is 11.9. The Morgan fingerprint density at radius 3 is 2.81 bits per heavy atom. The molecule has 1 amide bonds. The van der Waals surface area contributed by atoms with Gasteiger partial charge in [0.1, 0.15) is 5.54 Å². The molecular weight excluding hydrogens is 268 g/mol. The number of carbonyl (C=O) groups excluding carboxylic acids is 1. The molecule has 1 aliphatic carbocycles. The largest absolute Gasteiger partial charge is 0.480 e. The van der Waals surface area contributed by atoms with Crippen LogP contribution in [0.25, 0.3) is 10.9 Å². The summed E-state index contributed by atoms with van der Waals surface area (Å²) >= 11 is 0. The molecule has 0 aliphatic heterocycles. The van der Waals surface area contributed by atoms with E-state index in [1.54, 1.807) is 0 Å². The van der Waals surface area contributed by atoms with Crippen LogP contribution in [0.4, 0.5) is 0 Å². The quantitative estimate of drug-likeness (QED) is 0.787. The molecule has 0 saturated heterocycles. The first-order valence-corrected chi connectivity index (χ1v) is 7.11. The Kier molecular flexibility index (Phi) is 3.20. The molecule has 0 unspecified atom stereocenters.